The summed E-state index contributed by atoms with van der Waals surface area (Å²) in [5, 5.41) is 20.9. The van der Waals surface area contributed by atoms with Crippen LogP contribution in [0.3, 0.4) is 0 Å². The van der Waals surface area contributed by atoms with Gasteiger partial charge in [0.1, 0.15) is 23.4 Å². The van der Waals surface area contributed by atoms with Gasteiger partial charge in [-0.25, -0.2) is 0 Å². The molecule has 9 heteroatoms. The number of hydrogen-bond donors (Lipinski definition) is 2. The van der Waals surface area contributed by atoms with Gasteiger partial charge in [-0.1, -0.05) is 6.07 Å². The van der Waals surface area contributed by atoms with Crippen molar-refractivity contribution in [3.63, 3.8) is 0 Å². The second kappa shape index (κ2) is 10.7. The van der Waals surface area contributed by atoms with Crippen molar-refractivity contribution >= 4 is 23.2 Å². The Kier molecular flexibility index (Phi) is 7.32. The molecule has 0 atom stereocenters. The largest absolute Gasteiger partial charge is 0.507 e. The van der Waals surface area contributed by atoms with Crippen LogP contribution in [0.5, 0.6) is 17.2 Å². The van der Waals surface area contributed by atoms with Gasteiger partial charge in [-0.3, -0.25) is 9.59 Å². The van der Waals surface area contributed by atoms with E-state index in [1.807, 2.05) is 37.3 Å². The molecule has 1 fully saturated rings. The third-order valence-corrected chi connectivity index (χ3v) is 8.25. The van der Waals surface area contributed by atoms with Crippen LogP contribution in [0, 0.1) is 6.92 Å². The first-order valence-corrected chi connectivity index (χ1v) is 13.6. The number of thiophene rings is 1. The number of phenolic OH excluding ortho intramolecular Hbond substituents is 2. The molecule has 38 heavy (non-hydrogen) atoms. The second-order valence-corrected chi connectivity index (χ2v) is 11.6. The number of aryl methyl sites for hydroxylation is 1. The third kappa shape index (κ3) is 5.49. The smallest absolute Gasteiger partial charge is 0.258 e. The maximum atomic E-state index is 13.4. The van der Waals surface area contributed by atoms with Gasteiger partial charge in [-0.15, -0.1) is 11.3 Å². The molecule has 3 heterocycles. The maximum absolute atomic E-state index is 13.4. The van der Waals surface area contributed by atoms with Gasteiger partial charge in [0.2, 0.25) is 0 Å². The van der Waals surface area contributed by atoms with Crippen LogP contribution in [0.4, 0.5) is 0 Å². The summed E-state index contributed by atoms with van der Waals surface area (Å²) < 4.78 is 6.21. The summed E-state index contributed by atoms with van der Waals surface area (Å²) in [4.78, 5) is 34.1. The summed E-state index contributed by atoms with van der Waals surface area (Å²) in [5.74, 6) is -0.747. The maximum Gasteiger partial charge on any atom is 0.258 e. The second-order valence-electron chi connectivity index (χ2n) is 10.3. The molecule has 8 nitrogen and oxygen atoms in total. The highest BCUT2D eigenvalue weighted by Crippen LogP contribution is 2.33. The number of amides is 2. The van der Waals surface area contributed by atoms with Crippen LogP contribution in [0.15, 0.2) is 42.5 Å². The van der Waals surface area contributed by atoms with E-state index < -0.39 is 11.8 Å². The van der Waals surface area contributed by atoms with E-state index in [-0.39, 0.29) is 28.7 Å². The van der Waals surface area contributed by atoms with E-state index in [0.717, 1.165) is 58.6 Å². The highest BCUT2D eigenvalue weighted by molar-refractivity contribution is 7.11. The monoisotopic (exact) mass is 535 g/mol. The Hall–Kier alpha value is -3.56. The number of hydrogen-bond acceptors (Lipinski definition) is 7. The number of ether oxygens (including phenoxy) is 1. The van der Waals surface area contributed by atoms with E-state index in [1.165, 1.54) is 11.0 Å². The summed E-state index contributed by atoms with van der Waals surface area (Å²) in [5.41, 5.74) is 1.99. The van der Waals surface area contributed by atoms with E-state index >= 15 is 0 Å². The lowest BCUT2D eigenvalue weighted by molar-refractivity contribution is 0.0748. The Morgan fingerprint density at radius 1 is 1.00 bits per heavy atom. The number of rotatable bonds is 6. The van der Waals surface area contributed by atoms with Crippen LogP contribution >= 0.6 is 11.3 Å². The van der Waals surface area contributed by atoms with Gasteiger partial charge in [0, 0.05) is 49.0 Å². The molecule has 2 N–H and O–H groups in total. The van der Waals surface area contributed by atoms with Crippen LogP contribution < -0.4 is 4.74 Å². The number of nitrogens with zero attached hydrogens (tertiary/aromatic N) is 3. The number of piperidine rings is 1. The van der Waals surface area contributed by atoms with Gasteiger partial charge >= 0.3 is 0 Å². The van der Waals surface area contributed by atoms with Crippen molar-refractivity contribution in [2.75, 3.05) is 27.2 Å². The van der Waals surface area contributed by atoms with Crippen LogP contribution in [0.25, 0.3) is 0 Å². The third-order valence-electron chi connectivity index (χ3n) is 7.27. The van der Waals surface area contributed by atoms with E-state index in [0.29, 0.717) is 19.6 Å². The SMILES string of the molecule is Cc1ccc(CN(C)C(=O)c2cc(C(=O)N3Cc4ccc(OC5CCN(C)CC5)cc4C3)c(O)cc2O)s1. The van der Waals surface area contributed by atoms with E-state index in [9.17, 15) is 19.8 Å². The predicted molar refractivity (Wildman–Crippen MR) is 146 cm³/mol. The molecule has 5 rings (SSSR count). The molecule has 1 aromatic heterocycles. The zero-order valence-electron chi connectivity index (χ0n) is 21.9. The topological polar surface area (TPSA) is 93.6 Å². The van der Waals surface area contributed by atoms with E-state index in [4.69, 9.17) is 4.74 Å². The van der Waals surface area contributed by atoms with Crippen LogP contribution in [0.2, 0.25) is 0 Å². The Bertz CT molecular complexity index is 1360. The summed E-state index contributed by atoms with van der Waals surface area (Å²) in [7, 11) is 3.76. The van der Waals surface area contributed by atoms with Crippen molar-refractivity contribution in [3.8, 4) is 17.2 Å². The molecular formula is C29H33N3O5S. The molecule has 200 valence electrons. The number of carbonyl (C=O) groups excluding carboxylic acids is 2. The Morgan fingerprint density at radius 3 is 2.42 bits per heavy atom. The number of likely N-dealkylation sites (tertiary alicyclic amines) is 1. The van der Waals surface area contributed by atoms with Gasteiger partial charge in [-0.2, -0.15) is 0 Å². The average molecular weight is 536 g/mol. The van der Waals surface area contributed by atoms with Crippen LogP contribution in [-0.2, 0) is 19.6 Å². The van der Waals surface area contributed by atoms with E-state index in [1.54, 1.807) is 23.3 Å². The minimum absolute atomic E-state index is 0.0119. The molecule has 0 spiro atoms. The quantitative estimate of drug-likeness (QED) is 0.487. The lowest BCUT2D eigenvalue weighted by atomic mass is 10.1. The van der Waals surface area contributed by atoms with Gasteiger partial charge in [-0.05, 0) is 68.3 Å². The lowest BCUT2D eigenvalue weighted by Gasteiger charge is -2.29. The molecule has 3 aromatic rings. The van der Waals surface area contributed by atoms with Gasteiger partial charge in [0.15, 0.2) is 0 Å². The Balaban J connectivity index is 1.29. The molecule has 2 aliphatic heterocycles. The first-order valence-electron chi connectivity index (χ1n) is 12.8. The van der Waals surface area contributed by atoms with Crippen molar-refractivity contribution in [1.82, 2.24) is 14.7 Å². The standard InChI is InChI=1S/C29H33N3O5S/c1-18-4-7-23(38-18)17-31(3)28(35)24-13-25(27(34)14-26(24)33)29(36)32-15-19-5-6-22(12-20(19)16-32)37-21-8-10-30(2)11-9-21/h4-7,12-14,21,33-34H,8-11,15-17H2,1-3H3. The van der Waals surface area contributed by atoms with Gasteiger partial charge in [0.05, 0.1) is 17.7 Å². The van der Waals surface area contributed by atoms with Crippen molar-refractivity contribution < 1.29 is 24.5 Å². The fourth-order valence-corrected chi connectivity index (χ4v) is 6.00. The molecule has 0 aliphatic carbocycles. The van der Waals surface area contributed by atoms with Crippen LogP contribution in [-0.4, -0.2) is 70.0 Å². The molecule has 0 saturated carbocycles. The minimum atomic E-state index is -0.428. The molecule has 2 aliphatic rings. The number of carbonyl (C=O) groups is 2. The zero-order chi connectivity index (χ0) is 27.0. The molecule has 0 radical (unpaired) electrons. The molecular weight excluding hydrogens is 502 g/mol. The Morgan fingerprint density at radius 2 is 1.71 bits per heavy atom. The van der Waals surface area contributed by atoms with E-state index in [2.05, 4.69) is 11.9 Å². The fraction of sp³-hybridized carbons (Fsp3) is 0.379. The molecule has 0 unspecified atom stereocenters. The molecule has 1 saturated heterocycles. The highest BCUT2D eigenvalue weighted by atomic mass is 32.1. The van der Waals surface area contributed by atoms with Crippen molar-refractivity contribution in [3.05, 3.63) is 74.5 Å². The first kappa shape index (κ1) is 26.1. The van der Waals surface area contributed by atoms with Gasteiger partial charge < -0.3 is 29.6 Å². The summed E-state index contributed by atoms with van der Waals surface area (Å²) >= 11 is 1.60. The summed E-state index contributed by atoms with van der Waals surface area (Å²) in [6, 6.07) is 12.2. The highest BCUT2D eigenvalue weighted by Gasteiger charge is 2.29. The molecule has 2 amide bonds. The minimum Gasteiger partial charge on any atom is -0.507 e. The molecule has 0 bridgehead atoms. The van der Waals surface area contributed by atoms with Crippen molar-refractivity contribution in [1.29, 1.82) is 0 Å². The Labute approximate surface area is 226 Å². The number of benzene rings is 2. The fourth-order valence-electron chi connectivity index (χ4n) is 5.05. The zero-order valence-corrected chi connectivity index (χ0v) is 22.8. The van der Waals surface area contributed by atoms with Crippen molar-refractivity contribution in [2.45, 2.75) is 45.5 Å². The predicted octanol–water partition coefficient (Wildman–Crippen LogP) is 4.37. The number of fused-ring (bicyclic) bond motifs is 1. The number of phenols is 2. The van der Waals surface area contributed by atoms with Gasteiger partial charge in [0.25, 0.3) is 11.8 Å². The first-order chi connectivity index (χ1) is 18.2. The van der Waals surface area contributed by atoms with Crippen molar-refractivity contribution in [2.24, 2.45) is 0 Å². The summed E-state index contributed by atoms with van der Waals surface area (Å²) in [6.45, 7) is 5.18. The lowest BCUT2D eigenvalue weighted by Crippen LogP contribution is -2.35. The average Bonchev–Trinajstić information content (AvgIpc) is 3.50. The summed E-state index contributed by atoms with van der Waals surface area (Å²) in [6.07, 6.45) is 2.17. The normalized spacial score (nSPS) is 15.9. The molecule has 2 aromatic carbocycles. The number of aromatic hydroxyl groups is 2. The van der Waals surface area contributed by atoms with Crippen LogP contribution in [0.1, 0.15) is 54.4 Å².